The van der Waals surface area contributed by atoms with Gasteiger partial charge < -0.3 is 15.4 Å². The Hall–Kier alpha value is -1.36. The van der Waals surface area contributed by atoms with Crippen LogP contribution in [-0.4, -0.2) is 35.3 Å². The second-order valence-corrected chi connectivity index (χ2v) is 6.24. The first-order valence-electron chi connectivity index (χ1n) is 8.04. The molecule has 1 saturated carbocycles. The Morgan fingerprint density at radius 1 is 1.19 bits per heavy atom. The van der Waals surface area contributed by atoms with Crippen LogP contribution in [0.5, 0.6) is 0 Å². The summed E-state index contributed by atoms with van der Waals surface area (Å²) in [4.78, 5) is 9.27. The summed E-state index contributed by atoms with van der Waals surface area (Å²) in [6.45, 7) is 10.7. The third-order valence-corrected chi connectivity index (χ3v) is 3.47. The van der Waals surface area contributed by atoms with Gasteiger partial charge in [-0.3, -0.25) is 0 Å². The largest absolute Gasteiger partial charge is 0.374 e. The number of hydrogen-bond acceptors (Lipinski definition) is 5. The number of rotatable bonds is 9. The van der Waals surface area contributed by atoms with E-state index in [2.05, 4.69) is 41.4 Å². The second kappa shape index (κ2) is 7.07. The number of aromatic nitrogens is 2. The van der Waals surface area contributed by atoms with Crippen molar-refractivity contribution >= 4 is 11.6 Å². The lowest BCUT2D eigenvalue weighted by Crippen LogP contribution is -2.33. The van der Waals surface area contributed by atoms with E-state index in [1.165, 1.54) is 12.8 Å². The van der Waals surface area contributed by atoms with Gasteiger partial charge >= 0.3 is 0 Å². The average molecular weight is 292 g/mol. The van der Waals surface area contributed by atoms with Gasteiger partial charge in [-0.15, -0.1) is 0 Å². The maximum atomic E-state index is 5.71. The van der Waals surface area contributed by atoms with Crippen LogP contribution in [0.2, 0.25) is 0 Å². The number of nitrogens with one attached hydrogen (secondary N) is 2. The van der Waals surface area contributed by atoms with Gasteiger partial charge in [0.15, 0.2) is 0 Å². The van der Waals surface area contributed by atoms with Crippen molar-refractivity contribution in [3.8, 4) is 0 Å². The van der Waals surface area contributed by atoms with Gasteiger partial charge in [-0.25, -0.2) is 9.97 Å². The molecule has 0 unspecified atom stereocenters. The van der Waals surface area contributed by atoms with Crippen molar-refractivity contribution in [2.24, 2.45) is 0 Å². The molecular formula is C16H28N4O. The first-order chi connectivity index (χ1) is 10.0. The normalized spacial score (nSPS) is 15.0. The van der Waals surface area contributed by atoms with Crippen LogP contribution in [0.1, 0.15) is 58.7 Å². The zero-order valence-electron chi connectivity index (χ0n) is 13.7. The van der Waals surface area contributed by atoms with E-state index in [1.807, 2.05) is 13.0 Å². The molecule has 0 aliphatic heterocycles. The molecule has 1 aromatic rings. The van der Waals surface area contributed by atoms with Crippen LogP contribution in [0.15, 0.2) is 6.07 Å². The van der Waals surface area contributed by atoms with E-state index in [9.17, 15) is 0 Å². The van der Waals surface area contributed by atoms with Crippen molar-refractivity contribution in [1.29, 1.82) is 0 Å². The summed E-state index contributed by atoms with van der Waals surface area (Å²) in [5.41, 5.74) is -0.198. The average Bonchev–Trinajstić information content (AvgIpc) is 3.27. The van der Waals surface area contributed by atoms with Gasteiger partial charge in [-0.05, 0) is 40.0 Å². The Bertz CT molecular complexity index is 458. The molecule has 0 aromatic carbocycles. The molecule has 0 spiro atoms. The molecule has 2 rings (SSSR count). The minimum atomic E-state index is -0.198. The summed E-state index contributed by atoms with van der Waals surface area (Å²) in [6.07, 6.45) is 3.51. The fraction of sp³-hybridized carbons (Fsp3) is 0.750. The number of ether oxygens (including phenoxy) is 1. The molecular weight excluding hydrogens is 264 g/mol. The minimum Gasteiger partial charge on any atom is -0.374 e. The molecule has 0 bridgehead atoms. The minimum absolute atomic E-state index is 0.198. The highest BCUT2D eigenvalue weighted by molar-refractivity contribution is 5.48. The van der Waals surface area contributed by atoms with Crippen LogP contribution in [0.25, 0.3) is 0 Å². The van der Waals surface area contributed by atoms with Gasteiger partial charge in [0, 0.05) is 31.7 Å². The SMILES string of the molecule is CCCNc1cc(NCC(C)(C)OCC)nc(C2CC2)n1. The van der Waals surface area contributed by atoms with E-state index in [4.69, 9.17) is 4.74 Å². The lowest BCUT2D eigenvalue weighted by molar-refractivity contribution is 0.000638. The van der Waals surface area contributed by atoms with Gasteiger partial charge in [0.05, 0.1) is 5.60 Å². The Kier molecular flexibility index (Phi) is 5.39. The lowest BCUT2D eigenvalue weighted by atomic mass is 10.1. The van der Waals surface area contributed by atoms with Crippen molar-refractivity contribution in [2.45, 2.75) is 58.5 Å². The Morgan fingerprint density at radius 2 is 1.86 bits per heavy atom. The summed E-state index contributed by atoms with van der Waals surface area (Å²) >= 11 is 0. The summed E-state index contributed by atoms with van der Waals surface area (Å²) in [5, 5.41) is 6.75. The van der Waals surface area contributed by atoms with Crippen molar-refractivity contribution in [1.82, 2.24) is 9.97 Å². The van der Waals surface area contributed by atoms with Gasteiger partial charge in [0.2, 0.25) is 0 Å². The van der Waals surface area contributed by atoms with Gasteiger partial charge in [-0.2, -0.15) is 0 Å². The standard InChI is InChI=1S/C16H28N4O/c1-5-9-17-13-10-14(18-11-16(3,4)21-6-2)20-15(19-13)12-7-8-12/h10,12H,5-9,11H2,1-4H3,(H2,17,18,19,20). The van der Waals surface area contributed by atoms with Crippen molar-refractivity contribution < 1.29 is 4.74 Å². The van der Waals surface area contributed by atoms with Crippen molar-refractivity contribution in [2.75, 3.05) is 30.3 Å². The van der Waals surface area contributed by atoms with E-state index >= 15 is 0 Å². The van der Waals surface area contributed by atoms with Crippen LogP contribution in [0.4, 0.5) is 11.6 Å². The highest BCUT2D eigenvalue weighted by Crippen LogP contribution is 2.38. The Balaban J connectivity index is 2.04. The molecule has 1 fully saturated rings. The van der Waals surface area contributed by atoms with E-state index < -0.39 is 0 Å². The molecule has 0 atom stereocenters. The zero-order chi connectivity index (χ0) is 15.3. The molecule has 21 heavy (non-hydrogen) atoms. The molecule has 0 radical (unpaired) electrons. The predicted molar refractivity (Wildman–Crippen MR) is 87.0 cm³/mol. The maximum absolute atomic E-state index is 5.71. The smallest absolute Gasteiger partial charge is 0.136 e. The third kappa shape index (κ3) is 5.16. The monoisotopic (exact) mass is 292 g/mol. The third-order valence-electron chi connectivity index (χ3n) is 3.47. The molecule has 0 saturated heterocycles. The topological polar surface area (TPSA) is 59.1 Å². The molecule has 0 amide bonds. The fourth-order valence-corrected chi connectivity index (χ4v) is 2.17. The molecule has 1 aliphatic carbocycles. The molecule has 2 N–H and O–H groups in total. The highest BCUT2D eigenvalue weighted by atomic mass is 16.5. The first kappa shape index (κ1) is 16.0. The van der Waals surface area contributed by atoms with Gasteiger partial charge in [0.1, 0.15) is 17.5 Å². The summed E-state index contributed by atoms with van der Waals surface area (Å²) in [7, 11) is 0. The van der Waals surface area contributed by atoms with E-state index in [1.54, 1.807) is 0 Å². The molecule has 1 aromatic heterocycles. The van der Waals surface area contributed by atoms with Crippen molar-refractivity contribution in [3.63, 3.8) is 0 Å². The van der Waals surface area contributed by atoms with Crippen LogP contribution >= 0.6 is 0 Å². The van der Waals surface area contributed by atoms with Crippen LogP contribution in [-0.2, 0) is 4.74 Å². The van der Waals surface area contributed by atoms with E-state index in [0.29, 0.717) is 5.92 Å². The summed E-state index contributed by atoms with van der Waals surface area (Å²) in [6, 6.07) is 1.99. The van der Waals surface area contributed by atoms with Crippen LogP contribution < -0.4 is 10.6 Å². The number of nitrogens with zero attached hydrogens (tertiary/aromatic N) is 2. The van der Waals surface area contributed by atoms with Crippen LogP contribution in [0, 0.1) is 0 Å². The molecule has 118 valence electrons. The van der Waals surface area contributed by atoms with Crippen molar-refractivity contribution in [3.05, 3.63) is 11.9 Å². The molecule has 1 aliphatic rings. The van der Waals surface area contributed by atoms with Gasteiger partial charge in [0.25, 0.3) is 0 Å². The molecule has 5 heteroatoms. The fourth-order valence-electron chi connectivity index (χ4n) is 2.17. The lowest BCUT2D eigenvalue weighted by Gasteiger charge is -2.25. The van der Waals surface area contributed by atoms with E-state index in [0.717, 1.165) is 43.6 Å². The first-order valence-corrected chi connectivity index (χ1v) is 8.04. The number of anilines is 2. The Morgan fingerprint density at radius 3 is 2.43 bits per heavy atom. The zero-order valence-corrected chi connectivity index (χ0v) is 13.7. The molecule has 1 heterocycles. The highest BCUT2D eigenvalue weighted by Gasteiger charge is 2.27. The Labute approximate surface area is 127 Å². The summed E-state index contributed by atoms with van der Waals surface area (Å²) in [5.74, 6) is 3.32. The summed E-state index contributed by atoms with van der Waals surface area (Å²) < 4.78 is 5.71. The molecule has 5 nitrogen and oxygen atoms in total. The van der Waals surface area contributed by atoms with Gasteiger partial charge in [-0.1, -0.05) is 6.92 Å². The second-order valence-electron chi connectivity index (χ2n) is 6.24. The maximum Gasteiger partial charge on any atom is 0.136 e. The predicted octanol–water partition coefficient (Wildman–Crippen LogP) is 3.40. The van der Waals surface area contributed by atoms with Crippen LogP contribution in [0.3, 0.4) is 0 Å². The number of hydrogen-bond donors (Lipinski definition) is 2. The van der Waals surface area contributed by atoms with E-state index in [-0.39, 0.29) is 5.60 Å². The quantitative estimate of drug-likeness (QED) is 0.730.